The highest BCUT2D eigenvalue weighted by atomic mass is 16.3. The fraction of sp³-hybridized carbons (Fsp3) is 0.583. The van der Waals surface area contributed by atoms with Gasteiger partial charge in [-0.1, -0.05) is 0 Å². The number of carbonyl (C=O) groups is 1. The van der Waals surface area contributed by atoms with Crippen LogP contribution in [-0.2, 0) is 11.3 Å². The van der Waals surface area contributed by atoms with Crippen molar-refractivity contribution in [2.75, 3.05) is 6.54 Å². The fourth-order valence-electron chi connectivity index (χ4n) is 1.48. The second kappa shape index (κ2) is 6.33. The van der Waals surface area contributed by atoms with E-state index in [1.807, 2.05) is 26.0 Å². The van der Waals surface area contributed by atoms with E-state index in [0.717, 1.165) is 12.2 Å². The molecule has 0 saturated carbocycles. The molecule has 16 heavy (non-hydrogen) atoms. The van der Waals surface area contributed by atoms with Crippen LogP contribution in [-0.4, -0.2) is 23.4 Å². The van der Waals surface area contributed by atoms with E-state index in [4.69, 9.17) is 10.2 Å². The lowest BCUT2D eigenvalue weighted by Gasteiger charge is -2.20. The van der Waals surface area contributed by atoms with Gasteiger partial charge in [0, 0.05) is 19.0 Å². The van der Waals surface area contributed by atoms with Gasteiger partial charge < -0.3 is 15.1 Å². The molecule has 1 heterocycles. The van der Waals surface area contributed by atoms with Gasteiger partial charge in [-0.25, -0.2) is 0 Å². The monoisotopic (exact) mass is 224 g/mol. The molecular weight excluding hydrogens is 204 g/mol. The van der Waals surface area contributed by atoms with Crippen molar-refractivity contribution in [1.82, 2.24) is 4.90 Å². The molecule has 0 aliphatic heterocycles. The molecule has 1 aromatic rings. The maximum absolute atomic E-state index is 11.8. The van der Waals surface area contributed by atoms with Crippen molar-refractivity contribution in [1.29, 1.82) is 0 Å². The van der Waals surface area contributed by atoms with Crippen molar-refractivity contribution in [3.8, 4) is 0 Å². The Morgan fingerprint density at radius 3 is 2.88 bits per heavy atom. The molecule has 0 saturated heterocycles. The maximum atomic E-state index is 11.8. The van der Waals surface area contributed by atoms with Crippen molar-refractivity contribution in [3.63, 3.8) is 0 Å². The van der Waals surface area contributed by atoms with Gasteiger partial charge in [0.2, 0.25) is 5.91 Å². The number of nitrogens with two attached hydrogens (primary N) is 1. The van der Waals surface area contributed by atoms with Crippen molar-refractivity contribution >= 4 is 5.91 Å². The summed E-state index contributed by atoms with van der Waals surface area (Å²) in [6, 6.07) is 3.78. The van der Waals surface area contributed by atoms with E-state index in [2.05, 4.69) is 0 Å². The quantitative estimate of drug-likeness (QED) is 0.801. The van der Waals surface area contributed by atoms with Gasteiger partial charge in [-0.3, -0.25) is 4.79 Å². The molecule has 1 rings (SSSR count). The third-order valence-corrected chi connectivity index (χ3v) is 2.47. The van der Waals surface area contributed by atoms with Gasteiger partial charge in [0.15, 0.2) is 0 Å². The first-order valence-corrected chi connectivity index (χ1v) is 5.69. The van der Waals surface area contributed by atoms with E-state index < -0.39 is 0 Å². The average Bonchev–Trinajstić information content (AvgIpc) is 2.75. The summed E-state index contributed by atoms with van der Waals surface area (Å²) < 4.78 is 5.22. The molecule has 1 aromatic heterocycles. The molecule has 2 N–H and O–H groups in total. The van der Waals surface area contributed by atoms with Crippen molar-refractivity contribution in [3.05, 3.63) is 24.2 Å². The standard InChI is InChI=1S/C12H20N2O2/c1-3-14(9-11-5-4-8-16-11)12(15)7-6-10(2)13/h4-5,8,10H,3,6-7,9,13H2,1-2H3. The van der Waals surface area contributed by atoms with E-state index >= 15 is 0 Å². The predicted molar refractivity (Wildman–Crippen MR) is 62.7 cm³/mol. The molecule has 1 atom stereocenters. The van der Waals surface area contributed by atoms with Crippen LogP contribution >= 0.6 is 0 Å². The van der Waals surface area contributed by atoms with Crippen LogP contribution < -0.4 is 5.73 Å². The van der Waals surface area contributed by atoms with E-state index in [-0.39, 0.29) is 11.9 Å². The van der Waals surface area contributed by atoms with Crippen LogP contribution in [0.2, 0.25) is 0 Å². The first-order chi connectivity index (χ1) is 7.63. The first-order valence-electron chi connectivity index (χ1n) is 5.69. The van der Waals surface area contributed by atoms with Gasteiger partial charge in [0.25, 0.3) is 0 Å². The molecular formula is C12H20N2O2. The molecule has 0 bridgehead atoms. The van der Waals surface area contributed by atoms with Crippen LogP contribution in [0, 0.1) is 0 Å². The summed E-state index contributed by atoms with van der Waals surface area (Å²) in [4.78, 5) is 13.6. The normalized spacial score (nSPS) is 12.4. The number of rotatable bonds is 6. The molecule has 4 nitrogen and oxygen atoms in total. The number of amides is 1. The van der Waals surface area contributed by atoms with Crippen molar-refractivity contribution < 1.29 is 9.21 Å². The number of hydrogen-bond acceptors (Lipinski definition) is 3. The summed E-state index contributed by atoms with van der Waals surface area (Å²) in [6.45, 7) is 5.11. The molecule has 1 unspecified atom stereocenters. The molecule has 0 fully saturated rings. The van der Waals surface area contributed by atoms with Crippen molar-refractivity contribution in [2.24, 2.45) is 5.73 Å². The van der Waals surface area contributed by atoms with Crippen LogP contribution in [0.25, 0.3) is 0 Å². The lowest BCUT2D eigenvalue weighted by Crippen LogP contribution is -2.31. The molecule has 0 aromatic carbocycles. The van der Waals surface area contributed by atoms with Crippen molar-refractivity contribution in [2.45, 2.75) is 39.3 Å². The van der Waals surface area contributed by atoms with E-state index in [1.165, 1.54) is 0 Å². The minimum Gasteiger partial charge on any atom is -0.467 e. The third kappa shape index (κ3) is 4.06. The van der Waals surface area contributed by atoms with Crippen LogP contribution in [0.1, 0.15) is 32.4 Å². The highest BCUT2D eigenvalue weighted by Crippen LogP contribution is 2.08. The van der Waals surface area contributed by atoms with Crippen LogP contribution in [0.3, 0.4) is 0 Å². The van der Waals surface area contributed by atoms with E-state index in [0.29, 0.717) is 19.5 Å². The largest absolute Gasteiger partial charge is 0.467 e. The molecule has 90 valence electrons. The molecule has 0 radical (unpaired) electrons. The Kier molecular flexibility index (Phi) is 5.05. The van der Waals surface area contributed by atoms with E-state index in [9.17, 15) is 4.79 Å². The topological polar surface area (TPSA) is 59.5 Å². The number of carbonyl (C=O) groups excluding carboxylic acids is 1. The van der Waals surface area contributed by atoms with Gasteiger partial charge >= 0.3 is 0 Å². The van der Waals surface area contributed by atoms with Gasteiger partial charge in [0.05, 0.1) is 12.8 Å². The van der Waals surface area contributed by atoms with Crippen LogP contribution in [0.15, 0.2) is 22.8 Å². The van der Waals surface area contributed by atoms with Crippen LogP contribution in [0.4, 0.5) is 0 Å². The Bertz CT molecular complexity index is 307. The molecule has 0 spiro atoms. The predicted octanol–water partition coefficient (Wildman–Crippen LogP) is 1.76. The zero-order valence-electron chi connectivity index (χ0n) is 9.98. The minimum atomic E-state index is 0.0752. The SMILES string of the molecule is CCN(Cc1ccco1)C(=O)CCC(C)N. The Morgan fingerprint density at radius 1 is 1.62 bits per heavy atom. The van der Waals surface area contributed by atoms with Gasteiger partial charge in [-0.15, -0.1) is 0 Å². The number of furan rings is 1. The second-order valence-corrected chi connectivity index (χ2v) is 4.00. The first kappa shape index (κ1) is 12.8. The Hall–Kier alpha value is -1.29. The van der Waals surface area contributed by atoms with Gasteiger partial charge in [-0.05, 0) is 32.4 Å². The summed E-state index contributed by atoms with van der Waals surface area (Å²) in [5.41, 5.74) is 5.63. The lowest BCUT2D eigenvalue weighted by molar-refractivity contribution is -0.132. The molecule has 1 amide bonds. The smallest absolute Gasteiger partial charge is 0.223 e. The Morgan fingerprint density at radius 2 is 2.38 bits per heavy atom. The zero-order chi connectivity index (χ0) is 12.0. The molecule has 0 aliphatic rings. The maximum Gasteiger partial charge on any atom is 0.223 e. The average molecular weight is 224 g/mol. The highest BCUT2D eigenvalue weighted by Gasteiger charge is 2.13. The van der Waals surface area contributed by atoms with Crippen LogP contribution in [0.5, 0.6) is 0 Å². The summed E-state index contributed by atoms with van der Waals surface area (Å²) in [7, 11) is 0. The lowest BCUT2D eigenvalue weighted by atomic mass is 10.2. The number of nitrogens with zero attached hydrogens (tertiary/aromatic N) is 1. The summed E-state index contributed by atoms with van der Waals surface area (Å²) in [5.74, 6) is 0.951. The summed E-state index contributed by atoms with van der Waals surface area (Å²) in [6.07, 6.45) is 2.86. The summed E-state index contributed by atoms with van der Waals surface area (Å²) in [5, 5.41) is 0. The molecule has 0 aliphatic carbocycles. The Labute approximate surface area is 96.4 Å². The number of hydrogen-bond donors (Lipinski definition) is 1. The Balaban J connectivity index is 2.44. The zero-order valence-corrected chi connectivity index (χ0v) is 9.98. The van der Waals surface area contributed by atoms with Gasteiger partial charge in [-0.2, -0.15) is 0 Å². The van der Waals surface area contributed by atoms with E-state index in [1.54, 1.807) is 11.2 Å². The summed E-state index contributed by atoms with van der Waals surface area (Å²) >= 11 is 0. The highest BCUT2D eigenvalue weighted by molar-refractivity contribution is 5.76. The third-order valence-electron chi connectivity index (χ3n) is 2.47. The second-order valence-electron chi connectivity index (χ2n) is 4.00. The fourth-order valence-corrected chi connectivity index (χ4v) is 1.48. The minimum absolute atomic E-state index is 0.0752. The van der Waals surface area contributed by atoms with Gasteiger partial charge in [0.1, 0.15) is 5.76 Å². The molecule has 4 heteroatoms.